The number of hydrogen-bond donors (Lipinski definition) is 1. The fraction of sp³-hybridized carbons (Fsp3) is 0.300. The molecule has 0 spiro atoms. The Labute approximate surface area is 128 Å². The molecule has 0 saturated heterocycles. The molecule has 2 unspecified atom stereocenters. The molecule has 0 amide bonds. The number of aryl methyl sites for hydroxylation is 2. The fourth-order valence-corrected chi connectivity index (χ4v) is 2.68. The second-order valence-corrected chi connectivity index (χ2v) is 5.80. The second kappa shape index (κ2) is 7.24. The highest BCUT2D eigenvalue weighted by atomic mass is 14.9. The Bertz CT molecular complexity index is 586. The Kier molecular flexibility index (Phi) is 5.35. The van der Waals surface area contributed by atoms with Gasteiger partial charge in [-0.3, -0.25) is 0 Å². The second-order valence-electron chi connectivity index (χ2n) is 5.80. The van der Waals surface area contributed by atoms with Gasteiger partial charge in [-0.2, -0.15) is 0 Å². The molecule has 2 aromatic carbocycles. The van der Waals surface area contributed by atoms with Crippen LogP contribution in [0.15, 0.2) is 61.2 Å². The van der Waals surface area contributed by atoms with Gasteiger partial charge in [-0.1, -0.05) is 60.2 Å². The van der Waals surface area contributed by atoms with Gasteiger partial charge in [0.25, 0.3) is 0 Å². The Morgan fingerprint density at radius 3 is 2.48 bits per heavy atom. The van der Waals surface area contributed by atoms with Gasteiger partial charge in [0.05, 0.1) is 6.04 Å². The largest absolute Gasteiger partial charge is 0.303 e. The first-order valence-electron chi connectivity index (χ1n) is 7.61. The van der Waals surface area contributed by atoms with Crippen molar-refractivity contribution in [3.8, 4) is 0 Å². The van der Waals surface area contributed by atoms with Gasteiger partial charge in [-0.05, 0) is 43.9 Å². The van der Waals surface area contributed by atoms with E-state index in [4.69, 9.17) is 0 Å². The molecule has 21 heavy (non-hydrogen) atoms. The lowest BCUT2D eigenvalue weighted by Crippen LogP contribution is -2.31. The van der Waals surface area contributed by atoms with Gasteiger partial charge in [-0.15, -0.1) is 6.58 Å². The minimum Gasteiger partial charge on any atom is -0.303 e. The van der Waals surface area contributed by atoms with Crippen molar-refractivity contribution in [1.82, 2.24) is 5.32 Å². The summed E-state index contributed by atoms with van der Waals surface area (Å²) in [7, 11) is 0. The molecule has 0 aliphatic rings. The van der Waals surface area contributed by atoms with E-state index in [1.165, 1.54) is 22.3 Å². The predicted octanol–water partition coefficient (Wildman–Crippen LogP) is 4.95. The minimum atomic E-state index is 0.223. The molecule has 2 aromatic rings. The third-order valence-corrected chi connectivity index (χ3v) is 3.85. The summed E-state index contributed by atoms with van der Waals surface area (Å²) in [5.74, 6) is 0. The Hall–Kier alpha value is -1.86. The Morgan fingerprint density at radius 1 is 1.10 bits per heavy atom. The van der Waals surface area contributed by atoms with Gasteiger partial charge < -0.3 is 5.32 Å². The maximum Gasteiger partial charge on any atom is 0.0581 e. The fourth-order valence-electron chi connectivity index (χ4n) is 2.68. The minimum absolute atomic E-state index is 0.223. The first-order valence-corrected chi connectivity index (χ1v) is 7.61. The average Bonchev–Trinajstić information content (AvgIpc) is 2.49. The van der Waals surface area contributed by atoms with Crippen LogP contribution in [-0.4, -0.2) is 6.04 Å². The van der Waals surface area contributed by atoms with Crippen LogP contribution < -0.4 is 5.32 Å². The van der Waals surface area contributed by atoms with Crippen LogP contribution in [-0.2, 0) is 0 Å². The highest BCUT2D eigenvalue weighted by molar-refractivity contribution is 5.39. The molecule has 0 aliphatic carbocycles. The van der Waals surface area contributed by atoms with Crippen LogP contribution in [0.5, 0.6) is 0 Å². The van der Waals surface area contributed by atoms with E-state index >= 15 is 0 Å². The normalized spacial score (nSPS) is 13.7. The monoisotopic (exact) mass is 279 g/mol. The predicted molar refractivity (Wildman–Crippen MR) is 91.6 cm³/mol. The Balaban J connectivity index is 2.40. The van der Waals surface area contributed by atoms with Crippen molar-refractivity contribution >= 4 is 0 Å². The topological polar surface area (TPSA) is 12.0 Å². The number of benzene rings is 2. The maximum absolute atomic E-state index is 3.85. The zero-order chi connectivity index (χ0) is 15.2. The van der Waals surface area contributed by atoms with Crippen LogP contribution in [0.3, 0.4) is 0 Å². The van der Waals surface area contributed by atoms with Gasteiger partial charge in [0.1, 0.15) is 0 Å². The summed E-state index contributed by atoms with van der Waals surface area (Å²) >= 11 is 0. The lowest BCUT2D eigenvalue weighted by molar-refractivity contribution is 0.501. The molecule has 110 valence electrons. The van der Waals surface area contributed by atoms with Crippen LogP contribution in [0.25, 0.3) is 0 Å². The smallest absolute Gasteiger partial charge is 0.0581 e. The molecule has 1 heteroatoms. The molecular weight excluding hydrogens is 254 g/mol. The summed E-state index contributed by atoms with van der Waals surface area (Å²) in [6.45, 7) is 10.4. The standard InChI is InChI=1S/C20H25N/c1-5-9-17(4)21-20(18-10-7-6-8-11-18)19-14-15(2)12-13-16(19)3/h5-8,10-14,17,20-21H,1,9H2,2-4H3. The molecule has 2 atom stereocenters. The summed E-state index contributed by atoms with van der Waals surface area (Å²) in [4.78, 5) is 0. The van der Waals surface area contributed by atoms with Gasteiger partial charge in [0, 0.05) is 6.04 Å². The third kappa shape index (κ3) is 4.05. The average molecular weight is 279 g/mol. The van der Waals surface area contributed by atoms with Gasteiger partial charge in [0.2, 0.25) is 0 Å². The van der Waals surface area contributed by atoms with Crippen molar-refractivity contribution in [3.63, 3.8) is 0 Å². The van der Waals surface area contributed by atoms with E-state index in [-0.39, 0.29) is 6.04 Å². The number of rotatable bonds is 6. The summed E-state index contributed by atoms with van der Waals surface area (Å²) in [6, 6.07) is 18.0. The SMILES string of the molecule is C=CCC(C)NC(c1ccccc1)c1cc(C)ccc1C. The van der Waals surface area contributed by atoms with E-state index in [2.05, 4.69) is 81.2 Å². The summed E-state index contributed by atoms with van der Waals surface area (Å²) in [5.41, 5.74) is 5.29. The van der Waals surface area contributed by atoms with Crippen LogP contribution in [0.2, 0.25) is 0 Å². The van der Waals surface area contributed by atoms with Crippen LogP contribution in [0.1, 0.15) is 41.6 Å². The number of hydrogen-bond acceptors (Lipinski definition) is 1. The van der Waals surface area contributed by atoms with E-state index in [1.807, 2.05) is 6.08 Å². The summed E-state index contributed by atoms with van der Waals surface area (Å²) < 4.78 is 0. The van der Waals surface area contributed by atoms with Crippen molar-refractivity contribution in [2.24, 2.45) is 0 Å². The Morgan fingerprint density at radius 2 is 1.81 bits per heavy atom. The van der Waals surface area contributed by atoms with E-state index in [0.29, 0.717) is 6.04 Å². The quantitative estimate of drug-likeness (QED) is 0.738. The van der Waals surface area contributed by atoms with Crippen molar-refractivity contribution in [1.29, 1.82) is 0 Å². The molecule has 0 aliphatic heterocycles. The molecule has 0 saturated carbocycles. The lowest BCUT2D eigenvalue weighted by Gasteiger charge is -2.25. The molecule has 1 N–H and O–H groups in total. The van der Waals surface area contributed by atoms with Gasteiger partial charge in [0.15, 0.2) is 0 Å². The first-order chi connectivity index (χ1) is 10.1. The highest BCUT2D eigenvalue weighted by Gasteiger charge is 2.17. The van der Waals surface area contributed by atoms with E-state index in [1.54, 1.807) is 0 Å². The zero-order valence-electron chi connectivity index (χ0n) is 13.3. The molecule has 2 rings (SSSR count). The van der Waals surface area contributed by atoms with Crippen molar-refractivity contribution in [2.45, 2.75) is 39.3 Å². The summed E-state index contributed by atoms with van der Waals surface area (Å²) in [6.07, 6.45) is 2.94. The van der Waals surface area contributed by atoms with E-state index < -0.39 is 0 Å². The molecule has 0 radical (unpaired) electrons. The van der Waals surface area contributed by atoms with Gasteiger partial charge in [-0.25, -0.2) is 0 Å². The van der Waals surface area contributed by atoms with Crippen LogP contribution >= 0.6 is 0 Å². The summed E-state index contributed by atoms with van der Waals surface area (Å²) in [5, 5.41) is 3.75. The molecule has 0 bridgehead atoms. The maximum atomic E-state index is 3.85. The van der Waals surface area contributed by atoms with Crippen LogP contribution in [0.4, 0.5) is 0 Å². The van der Waals surface area contributed by atoms with Gasteiger partial charge >= 0.3 is 0 Å². The zero-order valence-corrected chi connectivity index (χ0v) is 13.3. The van der Waals surface area contributed by atoms with E-state index in [0.717, 1.165) is 6.42 Å². The molecule has 0 fully saturated rings. The molecule has 1 nitrogen and oxygen atoms in total. The molecule has 0 aromatic heterocycles. The van der Waals surface area contributed by atoms with Crippen molar-refractivity contribution in [2.75, 3.05) is 0 Å². The third-order valence-electron chi connectivity index (χ3n) is 3.85. The van der Waals surface area contributed by atoms with Crippen LogP contribution in [0, 0.1) is 13.8 Å². The first kappa shape index (κ1) is 15.5. The molecular formula is C20H25N. The number of nitrogens with one attached hydrogen (secondary N) is 1. The highest BCUT2D eigenvalue weighted by Crippen LogP contribution is 2.26. The molecule has 0 heterocycles. The van der Waals surface area contributed by atoms with Crippen molar-refractivity contribution in [3.05, 3.63) is 83.4 Å². The van der Waals surface area contributed by atoms with E-state index in [9.17, 15) is 0 Å². The van der Waals surface area contributed by atoms with Crippen molar-refractivity contribution < 1.29 is 0 Å². The lowest BCUT2D eigenvalue weighted by atomic mass is 9.93.